The predicted molar refractivity (Wildman–Crippen MR) is 81.2 cm³/mol. The average Bonchev–Trinajstić information content (AvgIpc) is 2.77. The monoisotopic (exact) mass is 330 g/mol. The Morgan fingerprint density at radius 2 is 2.00 bits per heavy atom. The number of carbonyl (C=O) groups is 3. The van der Waals surface area contributed by atoms with Gasteiger partial charge in [0, 0.05) is 0 Å². The molecule has 0 radical (unpaired) electrons. The van der Waals surface area contributed by atoms with Crippen molar-refractivity contribution < 1.29 is 28.7 Å². The van der Waals surface area contributed by atoms with E-state index in [4.69, 9.17) is 9.57 Å². The lowest BCUT2D eigenvalue weighted by Crippen LogP contribution is -2.55. The molecule has 0 aliphatic carbocycles. The maximum Gasteiger partial charge on any atom is 0.407 e. The first-order valence-corrected chi connectivity index (χ1v) is 7.89. The van der Waals surface area contributed by atoms with Crippen molar-refractivity contribution in [3.63, 3.8) is 0 Å². The molecule has 8 nitrogen and oxygen atoms in total. The van der Waals surface area contributed by atoms with Crippen molar-refractivity contribution in [1.82, 2.24) is 10.4 Å². The van der Waals surface area contributed by atoms with Gasteiger partial charge in [0.2, 0.25) is 0 Å². The number of nitrogens with one attached hydrogen (secondary N) is 1. The van der Waals surface area contributed by atoms with Gasteiger partial charge in [-0.05, 0) is 32.1 Å². The fourth-order valence-corrected chi connectivity index (χ4v) is 2.32. The largest absolute Gasteiger partial charge is 0.464 e. The minimum atomic E-state index is -0.850. The van der Waals surface area contributed by atoms with E-state index in [1.807, 2.05) is 0 Å². The lowest BCUT2D eigenvalue weighted by Gasteiger charge is -2.31. The van der Waals surface area contributed by atoms with Gasteiger partial charge in [0.1, 0.15) is 6.04 Å². The Hall–Kier alpha value is -1.83. The molecule has 1 aliphatic rings. The van der Waals surface area contributed by atoms with Gasteiger partial charge in [-0.2, -0.15) is 0 Å². The maximum absolute atomic E-state index is 12.8. The van der Waals surface area contributed by atoms with E-state index in [0.29, 0.717) is 13.0 Å². The van der Waals surface area contributed by atoms with Crippen molar-refractivity contribution in [2.75, 3.05) is 20.3 Å². The molecule has 23 heavy (non-hydrogen) atoms. The van der Waals surface area contributed by atoms with Gasteiger partial charge in [0.15, 0.2) is 6.04 Å². The summed E-state index contributed by atoms with van der Waals surface area (Å²) in [6.45, 7) is 5.85. The molecule has 0 aromatic rings. The number of ether oxygens (including phenoxy) is 2. The predicted octanol–water partition coefficient (Wildman–Crippen LogP) is 1.24. The van der Waals surface area contributed by atoms with Crippen molar-refractivity contribution in [2.24, 2.45) is 5.92 Å². The molecule has 1 heterocycles. The molecule has 1 fully saturated rings. The van der Waals surface area contributed by atoms with E-state index >= 15 is 0 Å². The highest BCUT2D eigenvalue weighted by molar-refractivity contribution is 5.89. The van der Waals surface area contributed by atoms with Crippen LogP contribution in [0.5, 0.6) is 0 Å². The molecule has 1 N–H and O–H groups in total. The van der Waals surface area contributed by atoms with Gasteiger partial charge in [-0.25, -0.2) is 14.7 Å². The average molecular weight is 330 g/mol. The third-order valence-electron chi connectivity index (χ3n) is 3.55. The van der Waals surface area contributed by atoms with Crippen LogP contribution in [-0.4, -0.2) is 55.4 Å². The van der Waals surface area contributed by atoms with E-state index in [1.54, 1.807) is 20.8 Å². The Labute approximate surface area is 136 Å². The van der Waals surface area contributed by atoms with E-state index < -0.39 is 30.1 Å². The first-order chi connectivity index (χ1) is 10.9. The Balaban J connectivity index is 2.96. The molecule has 132 valence electrons. The molecule has 2 amide bonds. The SMILES string of the molecule is CCOC(=O)C1CCCCON1C(=O)C(NC(=O)OC)C(C)C. The lowest BCUT2D eigenvalue weighted by molar-refractivity contribution is -0.207. The summed E-state index contributed by atoms with van der Waals surface area (Å²) in [7, 11) is 1.22. The van der Waals surface area contributed by atoms with E-state index in [9.17, 15) is 14.4 Å². The summed E-state index contributed by atoms with van der Waals surface area (Å²) in [5.41, 5.74) is 0. The van der Waals surface area contributed by atoms with Gasteiger partial charge < -0.3 is 14.8 Å². The van der Waals surface area contributed by atoms with Gasteiger partial charge in [-0.15, -0.1) is 0 Å². The zero-order chi connectivity index (χ0) is 17.4. The highest BCUT2D eigenvalue weighted by Gasteiger charge is 2.38. The van der Waals surface area contributed by atoms with Gasteiger partial charge >= 0.3 is 12.1 Å². The third-order valence-corrected chi connectivity index (χ3v) is 3.55. The summed E-state index contributed by atoms with van der Waals surface area (Å²) < 4.78 is 9.59. The molecule has 0 aromatic carbocycles. The second kappa shape index (κ2) is 9.34. The molecular formula is C15H26N2O6. The second-order valence-electron chi connectivity index (χ2n) is 5.62. The van der Waals surface area contributed by atoms with Crippen molar-refractivity contribution >= 4 is 18.0 Å². The molecule has 0 spiro atoms. The second-order valence-corrected chi connectivity index (χ2v) is 5.62. The van der Waals surface area contributed by atoms with Crippen LogP contribution in [0.4, 0.5) is 4.79 Å². The van der Waals surface area contributed by atoms with Crippen LogP contribution >= 0.6 is 0 Å². The Morgan fingerprint density at radius 1 is 1.30 bits per heavy atom. The Kier molecular flexibility index (Phi) is 7.80. The molecule has 0 aromatic heterocycles. The molecule has 1 rings (SSSR count). The van der Waals surface area contributed by atoms with Crippen LogP contribution < -0.4 is 5.32 Å². The fraction of sp³-hybridized carbons (Fsp3) is 0.800. The smallest absolute Gasteiger partial charge is 0.407 e. The zero-order valence-electron chi connectivity index (χ0n) is 14.2. The summed E-state index contributed by atoms with van der Waals surface area (Å²) in [5.74, 6) is -1.18. The molecule has 1 aliphatic heterocycles. The number of hydrogen-bond donors (Lipinski definition) is 1. The van der Waals surface area contributed by atoms with Crippen molar-refractivity contribution in [3.05, 3.63) is 0 Å². The Morgan fingerprint density at radius 3 is 2.57 bits per heavy atom. The van der Waals surface area contributed by atoms with E-state index in [-0.39, 0.29) is 12.5 Å². The summed E-state index contributed by atoms with van der Waals surface area (Å²) in [6, 6.07) is -1.65. The quantitative estimate of drug-likeness (QED) is 0.762. The number of esters is 1. The first kappa shape index (κ1) is 19.2. The number of hydroxylamine groups is 2. The topological polar surface area (TPSA) is 94.2 Å². The first-order valence-electron chi connectivity index (χ1n) is 7.89. The van der Waals surface area contributed by atoms with Gasteiger partial charge in [-0.1, -0.05) is 13.8 Å². The fourth-order valence-electron chi connectivity index (χ4n) is 2.32. The molecule has 8 heteroatoms. The third kappa shape index (κ3) is 5.38. The number of methoxy groups -OCH3 is 1. The molecule has 0 bridgehead atoms. The van der Waals surface area contributed by atoms with Crippen molar-refractivity contribution in [2.45, 2.75) is 52.1 Å². The highest BCUT2D eigenvalue weighted by Crippen LogP contribution is 2.19. The van der Waals surface area contributed by atoms with Crippen LogP contribution in [0.1, 0.15) is 40.0 Å². The normalized spacial score (nSPS) is 19.7. The van der Waals surface area contributed by atoms with Gasteiger partial charge in [0.25, 0.3) is 5.91 Å². The molecule has 2 atom stereocenters. The van der Waals surface area contributed by atoms with Crippen LogP contribution in [0.25, 0.3) is 0 Å². The van der Waals surface area contributed by atoms with Gasteiger partial charge in [-0.3, -0.25) is 9.63 Å². The molecular weight excluding hydrogens is 304 g/mol. The number of nitrogens with zero attached hydrogens (tertiary/aromatic N) is 1. The van der Waals surface area contributed by atoms with E-state index in [2.05, 4.69) is 10.1 Å². The maximum atomic E-state index is 12.8. The summed E-state index contributed by atoms with van der Waals surface area (Å²) >= 11 is 0. The van der Waals surface area contributed by atoms with Crippen molar-refractivity contribution in [1.29, 1.82) is 0 Å². The van der Waals surface area contributed by atoms with Crippen LogP contribution in [0.2, 0.25) is 0 Å². The Bertz CT molecular complexity index is 426. The number of carbonyl (C=O) groups excluding carboxylic acids is 3. The van der Waals surface area contributed by atoms with Crippen LogP contribution in [-0.2, 0) is 23.9 Å². The van der Waals surface area contributed by atoms with E-state index in [0.717, 1.165) is 17.9 Å². The number of hydrogen-bond acceptors (Lipinski definition) is 6. The number of rotatable bonds is 5. The van der Waals surface area contributed by atoms with E-state index in [1.165, 1.54) is 7.11 Å². The zero-order valence-corrected chi connectivity index (χ0v) is 14.2. The van der Waals surface area contributed by atoms with Crippen LogP contribution in [0.15, 0.2) is 0 Å². The summed E-state index contributed by atoms with van der Waals surface area (Å²) in [4.78, 5) is 41.9. The number of amides is 2. The molecule has 1 saturated heterocycles. The lowest BCUT2D eigenvalue weighted by atomic mass is 10.0. The summed E-state index contributed by atoms with van der Waals surface area (Å²) in [5, 5.41) is 3.55. The highest BCUT2D eigenvalue weighted by atomic mass is 16.7. The number of alkyl carbamates (subject to hydrolysis) is 1. The van der Waals surface area contributed by atoms with Crippen molar-refractivity contribution in [3.8, 4) is 0 Å². The van der Waals surface area contributed by atoms with Crippen LogP contribution in [0, 0.1) is 5.92 Å². The van der Waals surface area contributed by atoms with Gasteiger partial charge in [0.05, 0.1) is 20.3 Å². The standard InChI is InChI=1S/C15H26N2O6/c1-5-22-14(19)11-8-6-7-9-23-17(11)13(18)12(10(2)3)16-15(20)21-4/h10-12H,5-9H2,1-4H3,(H,16,20). The van der Waals surface area contributed by atoms with Crippen LogP contribution in [0.3, 0.4) is 0 Å². The summed E-state index contributed by atoms with van der Waals surface area (Å²) in [6.07, 6.45) is 1.26. The minimum absolute atomic E-state index is 0.198. The molecule has 0 saturated carbocycles. The molecule has 2 unspecified atom stereocenters. The minimum Gasteiger partial charge on any atom is -0.464 e.